The van der Waals surface area contributed by atoms with Crippen LogP contribution < -0.4 is 15.8 Å². The second-order valence-electron chi connectivity index (χ2n) is 5.92. The number of anilines is 1. The Morgan fingerprint density at radius 1 is 1.08 bits per heavy atom. The lowest BCUT2D eigenvalue weighted by Gasteiger charge is -2.07. The summed E-state index contributed by atoms with van der Waals surface area (Å²) in [7, 11) is 0. The van der Waals surface area contributed by atoms with E-state index in [9.17, 15) is 9.59 Å². The highest BCUT2D eigenvalue weighted by molar-refractivity contribution is 6.01. The summed E-state index contributed by atoms with van der Waals surface area (Å²) >= 11 is 0. The number of nitrogens with one attached hydrogen (secondary N) is 1. The molecule has 0 fully saturated rings. The Balaban J connectivity index is 1.90. The molecule has 0 radical (unpaired) electrons. The third kappa shape index (κ3) is 6.14. The monoisotopic (exact) mass is 338 g/mol. The number of carbonyl (C=O) groups is 2. The number of carbonyl (C=O) groups excluding carboxylic acids is 2. The Morgan fingerprint density at radius 3 is 2.28 bits per heavy atom. The maximum atomic E-state index is 12.0. The summed E-state index contributed by atoms with van der Waals surface area (Å²) in [5.41, 5.74) is 7.85. The Bertz CT molecular complexity index is 748. The van der Waals surface area contributed by atoms with Gasteiger partial charge in [-0.1, -0.05) is 38.1 Å². The van der Waals surface area contributed by atoms with Crippen molar-refractivity contribution < 1.29 is 14.3 Å². The first-order chi connectivity index (χ1) is 11.9. The lowest BCUT2D eigenvalue weighted by molar-refractivity contribution is -0.120. The zero-order valence-electron chi connectivity index (χ0n) is 14.4. The van der Waals surface area contributed by atoms with Gasteiger partial charge in [0, 0.05) is 11.8 Å². The summed E-state index contributed by atoms with van der Waals surface area (Å²) in [6.45, 7) is 4.09. The van der Waals surface area contributed by atoms with E-state index in [0.717, 1.165) is 11.3 Å². The van der Waals surface area contributed by atoms with Gasteiger partial charge in [0.05, 0.1) is 0 Å². The maximum Gasteiger partial charge on any atom is 0.255 e. The third-order valence-electron chi connectivity index (χ3n) is 3.53. The average Bonchev–Trinajstić information content (AvgIpc) is 2.59. The maximum absolute atomic E-state index is 12.0. The van der Waals surface area contributed by atoms with Crippen molar-refractivity contribution in [2.45, 2.75) is 19.8 Å². The Kier molecular flexibility index (Phi) is 6.34. The van der Waals surface area contributed by atoms with E-state index in [1.54, 1.807) is 30.3 Å². The highest BCUT2D eigenvalue weighted by atomic mass is 16.5. The fourth-order valence-electron chi connectivity index (χ4n) is 2.14. The van der Waals surface area contributed by atoms with Crippen LogP contribution >= 0.6 is 0 Å². The molecule has 5 nitrogen and oxygen atoms in total. The first kappa shape index (κ1) is 18.3. The van der Waals surface area contributed by atoms with Gasteiger partial charge in [-0.05, 0) is 47.4 Å². The number of amides is 2. The Hall–Kier alpha value is -3.08. The molecule has 3 N–H and O–H groups in total. The van der Waals surface area contributed by atoms with Crippen molar-refractivity contribution in [3.8, 4) is 5.75 Å². The predicted octanol–water partition coefficient (Wildman–Crippen LogP) is 3.33. The summed E-state index contributed by atoms with van der Waals surface area (Å²) in [6.07, 6.45) is 3.17. The minimum Gasteiger partial charge on any atom is -0.484 e. The molecule has 0 atom stereocenters. The molecule has 0 heterocycles. The van der Waals surface area contributed by atoms with Crippen LogP contribution in [0.3, 0.4) is 0 Å². The van der Waals surface area contributed by atoms with Crippen LogP contribution in [0.15, 0.2) is 54.6 Å². The number of rotatable bonds is 7. The summed E-state index contributed by atoms with van der Waals surface area (Å²) in [6, 6.07) is 14.8. The van der Waals surface area contributed by atoms with Crippen molar-refractivity contribution in [1.29, 1.82) is 0 Å². The molecule has 0 aliphatic rings. The van der Waals surface area contributed by atoms with Crippen LogP contribution in [0.5, 0.6) is 5.75 Å². The van der Waals surface area contributed by atoms with Gasteiger partial charge in [-0.15, -0.1) is 0 Å². The number of ether oxygens (including phenoxy) is 1. The number of benzene rings is 2. The lowest BCUT2D eigenvalue weighted by Crippen LogP contribution is -2.19. The van der Waals surface area contributed by atoms with Crippen molar-refractivity contribution in [1.82, 2.24) is 0 Å². The van der Waals surface area contributed by atoms with E-state index in [0.29, 0.717) is 11.7 Å². The molecule has 130 valence electrons. The minimum atomic E-state index is -0.526. The van der Waals surface area contributed by atoms with Crippen molar-refractivity contribution in [3.63, 3.8) is 0 Å². The van der Waals surface area contributed by atoms with E-state index in [1.165, 1.54) is 11.6 Å². The van der Waals surface area contributed by atoms with Gasteiger partial charge in [-0.3, -0.25) is 9.59 Å². The van der Waals surface area contributed by atoms with Crippen LogP contribution in [-0.4, -0.2) is 18.4 Å². The first-order valence-electron chi connectivity index (χ1n) is 8.04. The second-order valence-corrected chi connectivity index (χ2v) is 5.92. The summed E-state index contributed by atoms with van der Waals surface area (Å²) in [5.74, 6) is 0.277. The lowest BCUT2D eigenvalue weighted by atomic mass is 10.0. The number of hydrogen-bond donors (Lipinski definition) is 2. The fourth-order valence-corrected chi connectivity index (χ4v) is 2.14. The minimum absolute atomic E-state index is 0.160. The molecule has 0 spiro atoms. The van der Waals surface area contributed by atoms with E-state index in [-0.39, 0.29) is 12.5 Å². The molecule has 2 amide bonds. The molecule has 0 unspecified atom stereocenters. The normalized spacial score (nSPS) is 10.8. The molecule has 0 aromatic heterocycles. The zero-order chi connectivity index (χ0) is 18.2. The highest BCUT2D eigenvalue weighted by Gasteiger charge is 2.01. The van der Waals surface area contributed by atoms with Crippen LogP contribution in [0.2, 0.25) is 0 Å². The van der Waals surface area contributed by atoms with Gasteiger partial charge in [-0.2, -0.15) is 0 Å². The van der Waals surface area contributed by atoms with Crippen LogP contribution in [0, 0.1) is 0 Å². The number of hydrogen-bond acceptors (Lipinski definition) is 3. The van der Waals surface area contributed by atoms with Gasteiger partial charge in [0.15, 0.2) is 6.61 Å². The molecule has 2 aromatic rings. The molecule has 2 rings (SSSR count). The summed E-state index contributed by atoms with van der Waals surface area (Å²) < 4.78 is 5.18. The van der Waals surface area contributed by atoms with Crippen molar-refractivity contribution in [2.24, 2.45) is 5.73 Å². The SMILES string of the molecule is CC(C)c1ccc(NC(=O)C=Cc2ccc(OCC(N)=O)cc2)cc1. The zero-order valence-corrected chi connectivity index (χ0v) is 14.4. The Labute approximate surface area is 147 Å². The van der Waals surface area contributed by atoms with Crippen molar-refractivity contribution >= 4 is 23.6 Å². The molecular weight excluding hydrogens is 316 g/mol. The smallest absolute Gasteiger partial charge is 0.255 e. The highest BCUT2D eigenvalue weighted by Crippen LogP contribution is 2.17. The number of nitrogens with two attached hydrogens (primary N) is 1. The van der Waals surface area contributed by atoms with Crippen molar-refractivity contribution in [2.75, 3.05) is 11.9 Å². The molecule has 0 aliphatic carbocycles. The van der Waals surface area contributed by atoms with Gasteiger partial charge in [0.25, 0.3) is 5.91 Å². The van der Waals surface area contributed by atoms with Crippen LogP contribution in [-0.2, 0) is 9.59 Å². The molecule has 25 heavy (non-hydrogen) atoms. The van der Waals surface area contributed by atoms with E-state index in [4.69, 9.17) is 10.5 Å². The van der Waals surface area contributed by atoms with Gasteiger partial charge in [-0.25, -0.2) is 0 Å². The molecule has 2 aromatic carbocycles. The third-order valence-corrected chi connectivity index (χ3v) is 3.53. The van der Waals surface area contributed by atoms with Crippen LogP contribution in [0.25, 0.3) is 6.08 Å². The fraction of sp³-hybridized carbons (Fsp3) is 0.200. The summed E-state index contributed by atoms with van der Waals surface area (Å²) in [4.78, 5) is 22.6. The first-order valence-corrected chi connectivity index (χ1v) is 8.04. The standard InChI is InChI=1S/C20H22N2O3/c1-14(2)16-6-8-17(9-7-16)22-20(24)12-5-15-3-10-18(11-4-15)25-13-19(21)23/h3-12,14H,13H2,1-2H3,(H2,21,23)(H,22,24). The topological polar surface area (TPSA) is 81.4 Å². The average molecular weight is 338 g/mol. The van der Waals surface area contributed by atoms with E-state index >= 15 is 0 Å². The summed E-state index contributed by atoms with van der Waals surface area (Å²) in [5, 5.41) is 2.82. The molecule has 0 saturated carbocycles. The van der Waals surface area contributed by atoms with Gasteiger partial charge in [0.1, 0.15) is 5.75 Å². The van der Waals surface area contributed by atoms with Gasteiger partial charge in [0.2, 0.25) is 5.91 Å². The van der Waals surface area contributed by atoms with Crippen molar-refractivity contribution in [3.05, 3.63) is 65.7 Å². The quantitative estimate of drug-likeness (QED) is 0.760. The van der Waals surface area contributed by atoms with E-state index < -0.39 is 5.91 Å². The van der Waals surface area contributed by atoms with Gasteiger partial charge < -0.3 is 15.8 Å². The van der Waals surface area contributed by atoms with Crippen LogP contribution in [0.4, 0.5) is 5.69 Å². The van der Waals surface area contributed by atoms with Gasteiger partial charge >= 0.3 is 0 Å². The predicted molar refractivity (Wildman–Crippen MR) is 99.3 cm³/mol. The molecule has 5 heteroatoms. The second kappa shape index (κ2) is 8.68. The Morgan fingerprint density at radius 2 is 1.72 bits per heavy atom. The molecular formula is C20H22N2O3. The molecule has 0 saturated heterocycles. The largest absolute Gasteiger partial charge is 0.484 e. The van der Waals surface area contributed by atoms with Crippen LogP contribution in [0.1, 0.15) is 30.9 Å². The number of primary amides is 1. The molecule has 0 bridgehead atoms. The van der Waals surface area contributed by atoms with E-state index in [2.05, 4.69) is 19.2 Å². The molecule has 0 aliphatic heterocycles. The van der Waals surface area contributed by atoms with E-state index in [1.807, 2.05) is 24.3 Å².